The van der Waals surface area contributed by atoms with Crippen LogP contribution in [0.15, 0.2) is 42.7 Å². The minimum atomic E-state index is -0.265. The highest BCUT2D eigenvalue weighted by atomic mass is 16.5. The van der Waals surface area contributed by atoms with E-state index in [0.717, 1.165) is 24.3 Å². The van der Waals surface area contributed by atoms with E-state index in [4.69, 9.17) is 9.47 Å². The van der Waals surface area contributed by atoms with Crippen LogP contribution in [0.2, 0.25) is 0 Å². The number of methoxy groups -OCH3 is 1. The van der Waals surface area contributed by atoms with E-state index in [-0.39, 0.29) is 18.1 Å². The molecule has 0 radical (unpaired) electrons. The molecule has 1 aliphatic rings. The van der Waals surface area contributed by atoms with E-state index in [1.807, 2.05) is 48.4 Å². The lowest BCUT2D eigenvalue weighted by Crippen LogP contribution is -2.44. The Hall–Kier alpha value is -2.50. The van der Waals surface area contributed by atoms with Gasteiger partial charge in [0, 0.05) is 38.3 Å². The zero-order valence-corrected chi connectivity index (χ0v) is 14.1. The molecule has 1 aromatic heterocycles. The maximum atomic E-state index is 12.5. The highest BCUT2D eigenvalue weighted by Crippen LogP contribution is 2.23. The summed E-state index contributed by atoms with van der Waals surface area (Å²) in [5.74, 6) is 1.77. The molecular weight excluding hydrogens is 306 g/mol. The molecule has 6 heteroatoms. The zero-order chi connectivity index (χ0) is 16.9. The summed E-state index contributed by atoms with van der Waals surface area (Å²) in [6.45, 7) is 3.31. The lowest BCUT2D eigenvalue weighted by Gasteiger charge is -2.33. The number of aromatic nitrogens is 2. The van der Waals surface area contributed by atoms with Crippen molar-refractivity contribution in [2.75, 3.05) is 20.2 Å². The number of hydrogen-bond acceptors (Lipinski definition) is 4. The summed E-state index contributed by atoms with van der Waals surface area (Å²) in [6.07, 6.45) is 5.33. The Kier molecular flexibility index (Phi) is 5.03. The SMILES string of the molecule is COc1ccc(OC2CCN(C(=O)[C@H](C)n3cccn3)CC2)cc1. The van der Waals surface area contributed by atoms with Crippen LogP contribution in [0.3, 0.4) is 0 Å². The van der Waals surface area contributed by atoms with E-state index < -0.39 is 0 Å². The first kappa shape index (κ1) is 16.4. The van der Waals surface area contributed by atoms with Gasteiger partial charge in [-0.15, -0.1) is 0 Å². The molecule has 3 rings (SSSR count). The van der Waals surface area contributed by atoms with E-state index in [2.05, 4.69) is 5.10 Å². The monoisotopic (exact) mass is 329 g/mol. The van der Waals surface area contributed by atoms with E-state index in [9.17, 15) is 4.79 Å². The summed E-state index contributed by atoms with van der Waals surface area (Å²) in [5, 5.41) is 4.15. The maximum absolute atomic E-state index is 12.5. The molecule has 24 heavy (non-hydrogen) atoms. The number of rotatable bonds is 5. The van der Waals surface area contributed by atoms with Crippen molar-refractivity contribution < 1.29 is 14.3 Å². The third-order valence-corrected chi connectivity index (χ3v) is 4.39. The first-order valence-electron chi connectivity index (χ1n) is 8.26. The number of ether oxygens (including phenoxy) is 2. The van der Waals surface area contributed by atoms with Gasteiger partial charge in [0.1, 0.15) is 23.6 Å². The molecule has 1 amide bonds. The van der Waals surface area contributed by atoms with Crippen molar-refractivity contribution in [2.24, 2.45) is 0 Å². The number of nitrogens with zero attached hydrogens (tertiary/aromatic N) is 3. The lowest BCUT2D eigenvalue weighted by molar-refractivity contribution is -0.136. The Bertz CT molecular complexity index is 647. The quantitative estimate of drug-likeness (QED) is 0.846. The van der Waals surface area contributed by atoms with Crippen molar-refractivity contribution in [1.82, 2.24) is 14.7 Å². The molecular formula is C18H23N3O3. The first-order valence-corrected chi connectivity index (χ1v) is 8.26. The minimum absolute atomic E-state index is 0.113. The molecule has 6 nitrogen and oxygen atoms in total. The number of amides is 1. The minimum Gasteiger partial charge on any atom is -0.497 e. The molecule has 0 saturated carbocycles. The van der Waals surface area contributed by atoms with E-state index in [1.165, 1.54) is 0 Å². The second-order valence-corrected chi connectivity index (χ2v) is 5.98. The van der Waals surface area contributed by atoms with Gasteiger partial charge in [0.15, 0.2) is 0 Å². The second kappa shape index (κ2) is 7.38. The van der Waals surface area contributed by atoms with Crippen molar-refractivity contribution in [3.63, 3.8) is 0 Å². The van der Waals surface area contributed by atoms with Crippen molar-refractivity contribution in [3.05, 3.63) is 42.7 Å². The number of hydrogen-bond donors (Lipinski definition) is 0. The van der Waals surface area contributed by atoms with Gasteiger partial charge in [-0.1, -0.05) is 0 Å². The van der Waals surface area contributed by atoms with Gasteiger partial charge in [-0.2, -0.15) is 5.10 Å². The van der Waals surface area contributed by atoms with Gasteiger partial charge in [-0.25, -0.2) is 0 Å². The molecule has 0 aliphatic carbocycles. The Morgan fingerprint density at radius 3 is 2.46 bits per heavy atom. The van der Waals surface area contributed by atoms with Gasteiger partial charge in [0.25, 0.3) is 0 Å². The predicted octanol–water partition coefficient (Wildman–Crippen LogP) is 2.52. The highest BCUT2D eigenvalue weighted by molar-refractivity contribution is 5.80. The van der Waals surface area contributed by atoms with Crippen LogP contribution in [0, 0.1) is 0 Å². The smallest absolute Gasteiger partial charge is 0.247 e. The fourth-order valence-corrected chi connectivity index (χ4v) is 2.93. The lowest BCUT2D eigenvalue weighted by atomic mass is 10.1. The molecule has 0 spiro atoms. The average Bonchev–Trinajstić information content (AvgIpc) is 3.16. The fraction of sp³-hybridized carbons (Fsp3) is 0.444. The Labute approximate surface area is 142 Å². The summed E-state index contributed by atoms with van der Waals surface area (Å²) in [7, 11) is 1.65. The molecule has 1 saturated heterocycles. The fourth-order valence-electron chi connectivity index (χ4n) is 2.93. The Balaban J connectivity index is 1.50. The molecule has 0 unspecified atom stereocenters. The summed E-state index contributed by atoms with van der Waals surface area (Å²) in [6, 6.07) is 9.17. The van der Waals surface area contributed by atoms with Crippen molar-refractivity contribution >= 4 is 5.91 Å². The van der Waals surface area contributed by atoms with Crippen LogP contribution < -0.4 is 9.47 Å². The number of carbonyl (C=O) groups is 1. The normalized spacial score (nSPS) is 16.7. The predicted molar refractivity (Wildman–Crippen MR) is 90.2 cm³/mol. The molecule has 128 valence electrons. The van der Waals surface area contributed by atoms with Gasteiger partial charge in [0.2, 0.25) is 5.91 Å². The van der Waals surface area contributed by atoms with Crippen LogP contribution in [0.5, 0.6) is 11.5 Å². The van der Waals surface area contributed by atoms with Crippen LogP contribution in [-0.2, 0) is 4.79 Å². The molecule has 1 aromatic carbocycles. The summed E-state index contributed by atoms with van der Waals surface area (Å²) in [5.41, 5.74) is 0. The average molecular weight is 329 g/mol. The molecule has 0 bridgehead atoms. The molecule has 0 N–H and O–H groups in total. The van der Waals surface area contributed by atoms with Gasteiger partial charge < -0.3 is 14.4 Å². The number of likely N-dealkylation sites (tertiary alicyclic amines) is 1. The standard InChI is InChI=1S/C18H23N3O3/c1-14(21-11-3-10-19-21)18(22)20-12-8-17(9-13-20)24-16-6-4-15(23-2)5-7-16/h3-7,10-11,14,17H,8-9,12-13H2,1-2H3/t14-/m0/s1. The number of piperidine rings is 1. The Morgan fingerprint density at radius 2 is 1.88 bits per heavy atom. The largest absolute Gasteiger partial charge is 0.497 e. The van der Waals surface area contributed by atoms with Gasteiger partial charge in [-0.3, -0.25) is 9.48 Å². The van der Waals surface area contributed by atoms with Crippen LogP contribution in [0.4, 0.5) is 0 Å². The van der Waals surface area contributed by atoms with Crippen molar-refractivity contribution in [3.8, 4) is 11.5 Å². The van der Waals surface area contributed by atoms with E-state index in [0.29, 0.717) is 13.1 Å². The first-order chi connectivity index (χ1) is 11.7. The maximum Gasteiger partial charge on any atom is 0.247 e. The van der Waals surface area contributed by atoms with Crippen LogP contribution in [0.25, 0.3) is 0 Å². The van der Waals surface area contributed by atoms with E-state index in [1.54, 1.807) is 18.0 Å². The van der Waals surface area contributed by atoms with Crippen molar-refractivity contribution in [1.29, 1.82) is 0 Å². The Morgan fingerprint density at radius 1 is 1.21 bits per heavy atom. The zero-order valence-electron chi connectivity index (χ0n) is 14.1. The van der Waals surface area contributed by atoms with Crippen LogP contribution in [0.1, 0.15) is 25.8 Å². The number of carbonyl (C=O) groups excluding carboxylic acids is 1. The van der Waals surface area contributed by atoms with E-state index >= 15 is 0 Å². The third kappa shape index (κ3) is 3.69. The van der Waals surface area contributed by atoms with Gasteiger partial charge >= 0.3 is 0 Å². The third-order valence-electron chi connectivity index (χ3n) is 4.39. The molecule has 1 atom stereocenters. The number of benzene rings is 1. The second-order valence-electron chi connectivity index (χ2n) is 5.98. The molecule has 1 fully saturated rings. The highest BCUT2D eigenvalue weighted by Gasteiger charge is 2.27. The molecule has 2 aromatic rings. The summed E-state index contributed by atoms with van der Waals surface area (Å²) in [4.78, 5) is 14.4. The van der Waals surface area contributed by atoms with Crippen molar-refractivity contribution in [2.45, 2.75) is 31.9 Å². The molecule has 2 heterocycles. The summed E-state index contributed by atoms with van der Waals surface area (Å²) < 4.78 is 12.8. The summed E-state index contributed by atoms with van der Waals surface area (Å²) >= 11 is 0. The molecule has 1 aliphatic heterocycles. The van der Waals surface area contributed by atoms with Gasteiger partial charge in [-0.05, 0) is 37.3 Å². The van der Waals surface area contributed by atoms with Crippen LogP contribution in [-0.4, -0.2) is 46.9 Å². The van der Waals surface area contributed by atoms with Crippen LogP contribution >= 0.6 is 0 Å². The van der Waals surface area contributed by atoms with Gasteiger partial charge in [0.05, 0.1) is 7.11 Å². The topological polar surface area (TPSA) is 56.6 Å².